The Morgan fingerprint density at radius 3 is 2.42 bits per heavy atom. The Bertz CT molecular complexity index is 473. The second-order valence-electron chi connectivity index (χ2n) is 4.68. The number of rotatable bonds is 2. The van der Waals surface area contributed by atoms with E-state index in [1.165, 1.54) is 0 Å². The third-order valence-electron chi connectivity index (χ3n) is 3.28. The van der Waals surface area contributed by atoms with Crippen molar-refractivity contribution < 1.29 is 18.7 Å². The van der Waals surface area contributed by atoms with Gasteiger partial charge >= 0.3 is 0 Å². The van der Waals surface area contributed by atoms with Gasteiger partial charge in [-0.05, 0) is 25.0 Å². The molecule has 0 aliphatic heterocycles. The maximum absolute atomic E-state index is 13.6. The predicted octanol–water partition coefficient (Wildman–Crippen LogP) is 2.76. The first-order valence-corrected chi connectivity index (χ1v) is 6.92. The highest BCUT2D eigenvalue weighted by atomic mass is 79.9. The van der Waals surface area contributed by atoms with Crippen LogP contribution in [0.2, 0.25) is 0 Å². The molecule has 0 spiro atoms. The quantitative estimate of drug-likeness (QED) is 0.874. The number of nitrogens with one attached hydrogen (secondary N) is 1. The third-order valence-corrected chi connectivity index (χ3v) is 3.74. The van der Waals surface area contributed by atoms with Crippen LogP contribution in [0.25, 0.3) is 0 Å². The fraction of sp³-hybridized carbons (Fsp3) is 0.462. The number of benzene rings is 1. The van der Waals surface area contributed by atoms with Crippen LogP contribution in [0.1, 0.15) is 36.0 Å². The Hall–Kier alpha value is -1.01. The normalized spacial score (nSPS) is 23.2. The maximum Gasteiger partial charge on any atom is 0.257 e. The van der Waals surface area contributed by atoms with Gasteiger partial charge in [-0.25, -0.2) is 8.78 Å². The average Bonchev–Trinajstić information content (AvgIpc) is 2.30. The summed E-state index contributed by atoms with van der Waals surface area (Å²) in [4.78, 5) is 11.9. The van der Waals surface area contributed by atoms with E-state index in [0.29, 0.717) is 12.8 Å². The first-order chi connectivity index (χ1) is 8.99. The molecule has 0 radical (unpaired) electrons. The molecule has 19 heavy (non-hydrogen) atoms. The minimum Gasteiger partial charge on any atom is -0.391 e. The standard InChI is InChI=1S/C13H14BrF2NO2/c14-7-5-8(15)12(9(16)6-7)13(19)17-10-3-1-2-4-11(10)18/h5-6,10-11,18H,1-4H2,(H,17,19)/t10-,11-/m1/s1. The molecule has 0 unspecified atom stereocenters. The number of hydrogen-bond acceptors (Lipinski definition) is 2. The Morgan fingerprint density at radius 2 is 1.84 bits per heavy atom. The molecule has 1 saturated carbocycles. The Morgan fingerprint density at radius 1 is 1.26 bits per heavy atom. The molecule has 2 rings (SSSR count). The van der Waals surface area contributed by atoms with E-state index in [4.69, 9.17) is 0 Å². The molecule has 2 N–H and O–H groups in total. The molecule has 1 amide bonds. The van der Waals surface area contributed by atoms with Gasteiger partial charge in [0.05, 0.1) is 12.1 Å². The van der Waals surface area contributed by atoms with E-state index in [-0.39, 0.29) is 4.47 Å². The molecule has 6 heteroatoms. The van der Waals surface area contributed by atoms with Crippen molar-refractivity contribution >= 4 is 21.8 Å². The molecule has 0 bridgehead atoms. The Balaban J connectivity index is 2.16. The summed E-state index contributed by atoms with van der Waals surface area (Å²) < 4.78 is 27.5. The second kappa shape index (κ2) is 5.96. The van der Waals surface area contributed by atoms with E-state index in [1.54, 1.807) is 0 Å². The molecule has 1 aromatic carbocycles. The van der Waals surface area contributed by atoms with Gasteiger partial charge in [0.25, 0.3) is 5.91 Å². The lowest BCUT2D eigenvalue weighted by Crippen LogP contribution is -2.45. The van der Waals surface area contributed by atoms with Gasteiger partial charge in [-0.3, -0.25) is 4.79 Å². The van der Waals surface area contributed by atoms with Gasteiger partial charge in [-0.2, -0.15) is 0 Å². The SMILES string of the molecule is O=C(N[C@@H]1CCCC[C@H]1O)c1c(F)cc(Br)cc1F. The van der Waals surface area contributed by atoms with E-state index in [0.717, 1.165) is 25.0 Å². The molecule has 1 aliphatic rings. The Kier molecular flexibility index (Phi) is 4.52. The van der Waals surface area contributed by atoms with Crippen LogP contribution >= 0.6 is 15.9 Å². The van der Waals surface area contributed by atoms with E-state index in [9.17, 15) is 18.7 Å². The number of hydrogen-bond donors (Lipinski definition) is 2. The Labute approximate surface area is 118 Å². The van der Waals surface area contributed by atoms with Gasteiger partial charge in [0, 0.05) is 4.47 Å². The van der Waals surface area contributed by atoms with Crippen LogP contribution in [0.3, 0.4) is 0 Å². The molecule has 0 heterocycles. The van der Waals surface area contributed by atoms with Crippen molar-refractivity contribution in [2.45, 2.75) is 37.8 Å². The topological polar surface area (TPSA) is 49.3 Å². The lowest BCUT2D eigenvalue weighted by Gasteiger charge is -2.28. The summed E-state index contributed by atoms with van der Waals surface area (Å²) in [6.07, 6.45) is 2.34. The van der Waals surface area contributed by atoms with Crippen molar-refractivity contribution in [3.05, 3.63) is 33.8 Å². The number of amides is 1. The minimum atomic E-state index is -0.922. The molecule has 1 fully saturated rings. The lowest BCUT2D eigenvalue weighted by molar-refractivity contribution is 0.0711. The molecular weight excluding hydrogens is 320 g/mol. The van der Waals surface area contributed by atoms with Crippen molar-refractivity contribution in [2.24, 2.45) is 0 Å². The summed E-state index contributed by atoms with van der Waals surface area (Å²) in [5, 5.41) is 12.2. The maximum atomic E-state index is 13.6. The monoisotopic (exact) mass is 333 g/mol. The molecular formula is C13H14BrF2NO2. The fourth-order valence-corrected chi connectivity index (χ4v) is 2.68. The fourth-order valence-electron chi connectivity index (χ4n) is 2.28. The van der Waals surface area contributed by atoms with Crippen molar-refractivity contribution in [3.63, 3.8) is 0 Å². The van der Waals surface area contributed by atoms with Crippen molar-refractivity contribution in [1.29, 1.82) is 0 Å². The number of halogens is 3. The van der Waals surface area contributed by atoms with Crippen LogP contribution in [0, 0.1) is 11.6 Å². The number of aliphatic hydroxyl groups is 1. The molecule has 1 aromatic rings. The number of aliphatic hydroxyl groups excluding tert-OH is 1. The first-order valence-electron chi connectivity index (χ1n) is 6.12. The number of carbonyl (C=O) groups is 1. The molecule has 104 valence electrons. The van der Waals surface area contributed by atoms with Crippen LogP contribution < -0.4 is 5.32 Å². The van der Waals surface area contributed by atoms with Crippen LogP contribution in [-0.2, 0) is 0 Å². The van der Waals surface area contributed by atoms with Crippen LogP contribution in [0.15, 0.2) is 16.6 Å². The van der Waals surface area contributed by atoms with Gasteiger partial charge < -0.3 is 10.4 Å². The predicted molar refractivity (Wildman–Crippen MR) is 69.8 cm³/mol. The molecule has 1 aliphatic carbocycles. The number of carbonyl (C=O) groups excluding carboxylic acids is 1. The smallest absolute Gasteiger partial charge is 0.257 e. The van der Waals surface area contributed by atoms with E-state index in [1.807, 2.05) is 0 Å². The summed E-state index contributed by atoms with van der Waals surface area (Å²) in [5.41, 5.74) is -0.610. The summed E-state index contributed by atoms with van der Waals surface area (Å²) >= 11 is 2.95. The molecule has 0 saturated heterocycles. The summed E-state index contributed by atoms with van der Waals surface area (Å²) in [7, 11) is 0. The zero-order valence-corrected chi connectivity index (χ0v) is 11.7. The average molecular weight is 334 g/mol. The van der Waals surface area contributed by atoms with Crippen molar-refractivity contribution in [2.75, 3.05) is 0 Å². The van der Waals surface area contributed by atoms with E-state index < -0.39 is 35.3 Å². The third kappa shape index (κ3) is 3.30. The van der Waals surface area contributed by atoms with Gasteiger partial charge in [0.1, 0.15) is 17.2 Å². The zero-order valence-electron chi connectivity index (χ0n) is 10.1. The largest absolute Gasteiger partial charge is 0.391 e. The van der Waals surface area contributed by atoms with Crippen molar-refractivity contribution in [3.8, 4) is 0 Å². The van der Waals surface area contributed by atoms with Crippen LogP contribution in [0.4, 0.5) is 8.78 Å². The molecule has 3 nitrogen and oxygen atoms in total. The van der Waals surface area contributed by atoms with Crippen LogP contribution in [0.5, 0.6) is 0 Å². The lowest BCUT2D eigenvalue weighted by atomic mass is 9.92. The molecule has 2 atom stereocenters. The first kappa shape index (κ1) is 14.4. The summed E-state index contributed by atoms with van der Waals surface area (Å²) in [6.45, 7) is 0. The minimum absolute atomic E-state index is 0.233. The highest BCUT2D eigenvalue weighted by Gasteiger charge is 2.27. The highest BCUT2D eigenvalue weighted by Crippen LogP contribution is 2.22. The van der Waals surface area contributed by atoms with Gasteiger partial charge in [-0.1, -0.05) is 28.8 Å². The van der Waals surface area contributed by atoms with Gasteiger partial charge in [0.2, 0.25) is 0 Å². The van der Waals surface area contributed by atoms with E-state index in [2.05, 4.69) is 21.2 Å². The van der Waals surface area contributed by atoms with Gasteiger partial charge in [-0.15, -0.1) is 0 Å². The van der Waals surface area contributed by atoms with Gasteiger partial charge in [0.15, 0.2) is 0 Å². The second-order valence-corrected chi connectivity index (χ2v) is 5.59. The molecule has 0 aromatic heterocycles. The van der Waals surface area contributed by atoms with Crippen LogP contribution in [-0.4, -0.2) is 23.2 Å². The van der Waals surface area contributed by atoms with Crippen molar-refractivity contribution in [1.82, 2.24) is 5.32 Å². The zero-order chi connectivity index (χ0) is 14.0. The summed E-state index contributed by atoms with van der Waals surface area (Å²) in [5.74, 6) is -2.67. The summed E-state index contributed by atoms with van der Waals surface area (Å²) in [6, 6.07) is 1.63. The highest BCUT2D eigenvalue weighted by molar-refractivity contribution is 9.10. The van der Waals surface area contributed by atoms with E-state index >= 15 is 0 Å².